The molecule has 0 aliphatic carbocycles. The number of likely N-dealkylation sites (tertiary alicyclic amines) is 1. The van der Waals surface area contributed by atoms with E-state index in [-0.39, 0.29) is 18.0 Å². The van der Waals surface area contributed by atoms with Crippen molar-refractivity contribution < 1.29 is 14.7 Å². The van der Waals surface area contributed by atoms with Gasteiger partial charge in [0, 0.05) is 31.6 Å². The van der Waals surface area contributed by atoms with Gasteiger partial charge in [-0.3, -0.25) is 4.79 Å². The highest BCUT2D eigenvalue weighted by atomic mass is 16.4. The first-order valence-electron chi connectivity index (χ1n) is 7.64. The summed E-state index contributed by atoms with van der Waals surface area (Å²) in [6.07, 6.45) is 2.81. The number of nitrogens with zero attached hydrogens (tertiary/aromatic N) is 2. The molecule has 1 aliphatic rings. The molecular formula is C15H29N3O3. The Morgan fingerprint density at radius 3 is 2.62 bits per heavy atom. The van der Waals surface area contributed by atoms with Crippen molar-refractivity contribution in [3.8, 4) is 0 Å². The number of hydrogen-bond acceptors (Lipinski definition) is 3. The molecule has 6 nitrogen and oxygen atoms in total. The highest BCUT2D eigenvalue weighted by molar-refractivity contribution is 5.74. The van der Waals surface area contributed by atoms with Crippen LogP contribution in [0.1, 0.15) is 39.5 Å². The minimum atomic E-state index is -0.760. The minimum Gasteiger partial charge on any atom is -0.481 e. The summed E-state index contributed by atoms with van der Waals surface area (Å²) in [5.41, 5.74) is -0.0891. The molecular weight excluding hydrogens is 270 g/mol. The number of amides is 2. The standard InChI is InChI=1S/C15H29N3O3/c1-15(2,17(3)4)11-16-14(21)18-9-5-6-12(10-18)7-8-13(19)20/h12H,5-11H2,1-4H3,(H,16,21)(H,19,20). The van der Waals surface area contributed by atoms with Crippen LogP contribution in [-0.4, -0.2) is 66.2 Å². The van der Waals surface area contributed by atoms with Crippen LogP contribution in [0.15, 0.2) is 0 Å². The number of urea groups is 1. The lowest BCUT2D eigenvalue weighted by Gasteiger charge is -2.36. The molecule has 1 saturated heterocycles. The Morgan fingerprint density at radius 2 is 2.05 bits per heavy atom. The van der Waals surface area contributed by atoms with E-state index in [1.165, 1.54) is 0 Å². The number of carboxylic acids is 1. The van der Waals surface area contributed by atoms with E-state index >= 15 is 0 Å². The van der Waals surface area contributed by atoms with Crippen molar-refractivity contribution in [2.75, 3.05) is 33.7 Å². The third-order valence-corrected chi connectivity index (χ3v) is 4.46. The average Bonchev–Trinajstić information content (AvgIpc) is 2.42. The molecule has 1 heterocycles. The lowest BCUT2D eigenvalue weighted by Crippen LogP contribution is -2.52. The Bertz CT molecular complexity index is 369. The first-order chi connectivity index (χ1) is 9.72. The summed E-state index contributed by atoms with van der Waals surface area (Å²) in [4.78, 5) is 26.8. The number of hydrogen-bond donors (Lipinski definition) is 2. The molecule has 0 bridgehead atoms. The molecule has 21 heavy (non-hydrogen) atoms. The highest BCUT2D eigenvalue weighted by Crippen LogP contribution is 2.21. The first kappa shape index (κ1) is 17.8. The van der Waals surface area contributed by atoms with Crippen LogP contribution in [-0.2, 0) is 4.79 Å². The molecule has 1 atom stereocenters. The van der Waals surface area contributed by atoms with Gasteiger partial charge in [-0.1, -0.05) is 0 Å². The number of carbonyl (C=O) groups excluding carboxylic acids is 1. The van der Waals surface area contributed by atoms with Crippen LogP contribution in [0, 0.1) is 5.92 Å². The molecule has 0 radical (unpaired) electrons. The summed E-state index contributed by atoms with van der Waals surface area (Å²) in [6.45, 7) is 6.19. The van der Waals surface area contributed by atoms with Crippen LogP contribution >= 0.6 is 0 Å². The third-order valence-electron chi connectivity index (χ3n) is 4.46. The molecule has 1 rings (SSSR count). The van der Waals surface area contributed by atoms with Crippen molar-refractivity contribution in [1.82, 2.24) is 15.1 Å². The van der Waals surface area contributed by atoms with Crippen LogP contribution < -0.4 is 5.32 Å². The van der Waals surface area contributed by atoms with E-state index in [4.69, 9.17) is 5.11 Å². The Kier molecular flexibility index (Phi) is 6.45. The van der Waals surface area contributed by atoms with Crippen LogP contribution in [0.5, 0.6) is 0 Å². The summed E-state index contributed by atoms with van der Waals surface area (Å²) in [5, 5.41) is 11.7. The zero-order valence-corrected chi connectivity index (χ0v) is 13.7. The fraction of sp³-hybridized carbons (Fsp3) is 0.867. The maximum Gasteiger partial charge on any atom is 0.317 e. The van der Waals surface area contributed by atoms with E-state index < -0.39 is 5.97 Å². The SMILES string of the molecule is CN(C)C(C)(C)CNC(=O)N1CCCC(CCC(=O)O)C1. The van der Waals surface area contributed by atoms with Crippen molar-refractivity contribution >= 4 is 12.0 Å². The quantitative estimate of drug-likeness (QED) is 0.781. The van der Waals surface area contributed by atoms with Gasteiger partial charge in [-0.25, -0.2) is 4.79 Å². The monoisotopic (exact) mass is 299 g/mol. The molecule has 1 unspecified atom stereocenters. The molecule has 122 valence electrons. The van der Waals surface area contributed by atoms with Crippen molar-refractivity contribution in [3.05, 3.63) is 0 Å². The fourth-order valence-electron chi connectivity index (χ4n) is 2.37. The second-order valence-corrected chi connectivity index (χ2v) is 6.75. The normalized spacial score (nSPS) is 19.7. The van der Waals surface area contributed by atoms with Gasteiger partial charge in [0.2, 0.25) is 0 Å². The summed E-state index contributed by atoms with van der Waals surface area (Å²) >= 11 is 0. The van der Waals surface area contributed by atoms with Crippen LogP contribution in [0.2, 0.25) is 0 Å². The van der Waals surface area contributed by atoms with Gasteiger partial charge in [-0.2, -0.15) is 0 Å². The van der Waals surface area contributed by atoms with Gasteiger partial charge in [0.1, 0.15) is 0 Å². The predicted octanol–water partition coefficient (Wildman–Crippen LogP) is 1.61. The number of carboxylic acid groups (broad SMARTS) is 1. The molecule has 2 amide bonds. The minimum absolute atomic E-state index is 0.0371. The van der Waals surface area contributed by atoms with E-state index in [2.05, 4.69) is 24.1 Å². The van der Waals surface area contributed by atoms with Gasteiger partial charge in [-0.15, -0.1) is 0 Å². The zero-order valence-electron chi connectivity index (χ0n) is 13.7. The molecule has 1 aliphatic heterocycles. The number of aliphatic carboxylic acids is 1. The first-order valence-corrected chi connectivity index (χ1v) is 7.64. The topological polar surface area (TPSA) is 72.9 Å². The molecule has 6 heteroatoms. The molecule has 0 aromatic carbocycles. The van der Waals surface area contributed by atoms with E-state index in [0.29, 0.717) is 25.4 Å². The molecule has 0 aromatic rings. The number of rotatable bonds is 6. The van der Waals surface area contributed by atoms with Crippen LogP contribution in [0.3, 0.4) is 0 Å². The van der Waals surface area contributed by atoms with Gasteiger partial charge in [0.05, 0.1) is 0 Å². The number of piperidine rings is 1. The Morgan fingerprint density at radius 1 is 1.38 bits per heavy atom. The summed E-state index contributed by atoms with van der Waals surface area (Å²) < 4.78 is 0. The molecule has 1 fully saturated rings. The number of likely N-dealkylation sites (N-methyl/N-ethyl adjacent to an activating group) is 1. The maximum absolute atomic E-state index is 12.2. The second-order valence-electron chi connectivity index (χ2n) is 6.75. The summed E-state index contributed by atoms with van der Waals surface area (Å²) in [5.74, 6) is -0.452. The van der Waals surface area contributed by atoms with Crippen molar-refractivity contribution in [2.45, 2.75) is 45.1 Å². The largest absolute Gasteiger partial charge is 0.481 e. The summed E-state index contributed by atoms with van der Waals surface area (Å²) in [7, 11) is 3.99. The van der Waals surface area contributed by atoms with Crippen LogP contribution in [0.25, 0.3) is 0 Å². The van der Waals surface area contributed by atoms with E-state index in [0.717, 1.165) is 19.4 Å². The zero-order chi connectivity index (χ0) is 16.0. The van der Waals surface area contributed by atoms with Crippen molar-refractivity contribution in [1.29, 1.82) is 0 Å². The molecule has 0 aromatic heterocycles. The van der Waals surface area contributed by atoms with Gasteiger partial charge < -0.3 is 20.2 Å². The van der Waals surface area contributed by atoms with Gasteiger partial charge in [0.15, 0.2) is 0 Å². The Hall–Kier alpha value is -1.30. The van der Waals surface area contributed by atoms with Gasteiger partial charge >= 0.3 is 12.0 Å². The van der Waals surface area contributed by atoms with E-state index in [1.807, 2.05) is 19.0 Å². The fourth-order valence-corrected chi connectivity index (χ4v) is 2.37. The Balaban J connectivity index is 2.41. The predicted molar refractivity (Wildman–Crippen MR) is 82.3 cm³/mol. The molecule has 0 saturated carbocycles. The van der Waals surface area contributed by atoms with Crippen LogP contribution in [0.4, 0.5) is 4.79 Å². The molecule has 0 spiro atoms. The average molecular weight is 299 g/mol. The van der Waals surface area contributed by atoms with Gasteiger partial charge in [0.25, 0.3) is 0 Å². The van der Waals surface area contributed by atoms with E-state index in [1.54, 1.807) is 0 Å². The Labute approximate surface area is 127 Å². The molecule has 2 N–H and O–H groups in total. The summed E-state index contributed by atoms with van der Waals surface area (Å²) in [6, 6.07) is -0.0371. The lowest BCUT2D eigenvalue weighted by atomic mass is 9.93. The third kappa shape index (κ3) is 5.91. The van der Waals surface area contributed by atoms with E-state index in [9.17, 15) is 9.59 Å². The maximum atomic E-state index is 12.2. The number of carbonyl (C=O) groups is 2. The van der Waals surface area contributed by atoms with Gasteiger partial charge in [-0.05, 0) is 53.1 Å². The number of nitrogens with one attached hydrogen (secondary N) is 1. The second kappa shape index (κ2) is 7.64. The lowest BCUT2D eigenvalue weighted by molar-refractivity contribution is -0.137. The highest BCUT2D eigenvalue weighted by Gasteiger charge is 2.26. The smallest absolute Gasteiger partial charge is 0.317 e. The van der Waals surface area contributed by atoms with Crippen molar-refractivity contribution in [2.24, 2.45) is 5.92 Å². The van der Waals surface area contributed by atoms with Crippen molar-refractivity contribution in [3.63, 3.8) is 0 Å².